The molecule has 1 aliphatic heterocycles. The maximum Gasteiger partial charge on any atom is 0.263 e. The van der Waals surface area contributed by atoms with Gasteiger partial charge in [0, 0.05) is 36.5 Å². The Morgan fingerprint density at radius 3 is 2.46 bits per heavy atom. The van der Waals surface area contributed by atoms with Crippen LogP contribution in [0.1, 0.15) is 28.9 Å². The molecule has 1 fully saturated rings. The normalized spacial score (nSPS) is 14.0. The highest BCUT2D eigenvalue weighted by atomic mass is 32.1. The van der Waals surface area contributed by atoms with Crippen LogP contribution in [-0.4, -0.2) is 61.2 Å². The lowest BCUT2D eigenvalue weighted by molar-refractivity contribution is 0.0832. The van der Waals surface area contributed by atoms with Crippen LogP contribution in [-0.2, 0) is 0 Å². The number of ether oxygens (including phenoxy) is 2. The Morgan fingerprint density at radius 2 is 1.70 bits per heavy atom. The van der Waals surface area contributed by atoms with E-state index in [1.54, 1.807) is 31.1 Å². The average Bonchev–Trinajstić information content (AvgIpc) is 3.40. The minimum atomic E-state index is -0.0275. The van der Waals surface area contributed by atoms with Gasteiger partial charge in [0.1, 0.15) is 29.6 Å². The zero-order valence-corrected chi connectivity index (χ0v) is 22.1. The Bertz CT molecular complexity index is 1370. The lowest BCUT2D eigenvalue weighted by atomic mass is 10.0. The zero-order valence-electron chi connectivity index (χ0n) is 21.3. The molecule has 2 heterocycles. The first-order valence-electron chi connectivity index (χ1n) is 12.7. The quantitative estimate of drug-likeness (QED) is 0.285. The van der Waals surface area contributed by atoms with Crippen molar-refractivity contribution >= 4 is 28.0 Å². The number of thiophene rings is 1. The number of carbonyl (C=O) groups is 1. The van der Waals surface area contributed by atoms with Crippen molar-refractivity contribution in [3.05, 3.63) is 71.6 Å². The molecule has 5 rings (SSSR count). The fraction of sp³-hybridized carbons (Fsp3) is 0.300. The number of phenolic OH excluding ortho intramolecular Hbond substituents is 1. The van der Waals surface area contributed by atoms with Crippen LogP contribution < -0.4 is 9.47 Å². The Labute approximate surface area is 221 Å². The number of piperidine rings is 1. The molecule has 0 atom stereocenters. The second-order valence-electron chi connectivity index (χ2n) is 9.54. The number of rotatable bonds is 8. The molecule has 3 aromatic carbocycles. The largest absolute Gasteiger partial charge is 0.508 e. The van der Waals surface area contributed by atoms with Crippen LogP contribution in [0.2, 0.25) is 0 Å². The maximum atomic E-state index is 12.5. The van der Waals surface area contributed by atoms with E-state index < -0.39 is 0 Å². The standard InChI is InChI=1S/C30H32N2O4S/c1-31(2)30(34)28-15-14-27(37-28)26-12-6-21-20-22(33)7-13-25(21)29(26)36-24-10-8-23(9-11-24)35-19-18-32-16-4-3-5-17-32/h6-15,20,33H,3-5,16-19H2,1-2H3. The first kappa shape index (κ1) is 25.1. The number of hydrogen-bond donors (Lipinski definition) is 1. The van der Waals surface area contributed by atoms with Gasteiger partial charge >= 0.3 is 0 Å². The van der Waals surface area contributed by atoms with E-state index in [4.69, 9.17) is 9.47 Å². The molecule has 0 bridgehead atoms. The fourth-order valence-electron chi connectivity index (χ4n) is 4.61. The van der Waals surface area contributed by atoms with Gasteiger partial charge in [-0.1, -0.05) is 12.5 Å². The molecule has 0 aliphatic carbocycles. The van der Waals surface area contributed by atoms with E-state index in [0.717, 1.165) is 46.6 Å². The van der Waals surface area contributed by atoms with Gasteiger partial charge in [-0.3, -0.25) is 9.69 Å². The predicted molar refractivity (Wildman–Crippen MR) is 149 cm³/mol. The molecular formula is C30H32N2O4S. The number of likely N-dealkylation sites (tertiary alicyclic amines) is 1. The summed E-state index contributed by atoms with van der Waals surface area (Å²) >= 11 is 1.44. The summed E-state index contributed by atoms with van der Waals surface area (Å²) in [5.74, 6) is 2.36. The number of amides is 1. The molecule has 0 spiro atoms. The second kappa shape index (κ2) is 11.2. The Balaban J connectivity index is 1.38. The minimum Gasteiger partial charge on any atom is -0.508 e. The van der Waals surface area contributed by atoms with Crippen LogP contribution in [0.3, 0.4) is 0 Å². The van der Waals surface area contributed by atoms with Gasteiger partial charge in [-0.05, 0) is 92.0 Å². The number of benzene rings is 3. The van der Waals surface area contributed by atoms with E-state index in [0.29, 0.717) is 23.0 Å². The van der Waals surface area contributed by atoms with Crippen LogP contribution in [0.15, 0.2) is 66.7 Å². The van der Waals surface area contributed by atoms with Crippen LogP contribution in [0.4, 0.5) is 0 Å². The van der Waals surface area contributed by atoms with Crippen LogP contribution in [0, 0.1) is 0 Å². The molecule has 1 aliphatic rings. The topological polar surface area (TPSA) is 62.2 Å². The third-order valence-electron chi connectivity index (χ3n) is 6.61. The number of aromatic hydroxyl groups is 1. The van der Waals surface area contributed by atoms with Crippen molar-refractivity contribution in [3.8, 4) is 33.4 Å². The molecule has 4 aromatic rings. The third-order valence-corrected chi connectivity index (χ3v) is 7.72. The molecule has 1 aromatic heterocycles. The first-order valence-corrected chi connectivity index (χ1v) is 13.5. The number of fused-ring (bicyclic) bond motifs is 1. The SMILES string of the molecule is CN(C)C(=O)c1ccc(-c2ccc3cc(O)ccc3c2Oc2ccc(OCCN3CCCCC3)cc2)s1. The van der Waals surface area contributed by atoms with Crippen molar-refractivity contribution in [1.82, 2.24) is 9.80 Å². The minimum absolute atomic E-state index is 0.0275. The van der Waals surface area contributed by atoms with Gasteiger partial charge in [-0.25, -0.2) is 0 Å². The molecule has 1 saturated heterocycles. The zero-order chi connectivity index (χ0) is 25.8. The fourth-order valence-corrected chi connectivity index (χ4v) is 5.66. The number of hydrogen-bond acceptors (Lipinski definition) is 6. The average molecular weight is 517 g/mol. The van der Waals surface area contributed by atoms with E-state index in [9.17, 15) is 9.90 Å². The number of carbonyl (C=O) groups excluding carboxylic acids is 1. The summed E-state index contributed by atoms with van der Waals surface area (Å²) in [5.41, 5.74) is 0.892. The summed E-state index contributed by atoms with van der Waals surface area (Å²) in [4.78, 5) is 18.1. The lowest BCUT2D eigenvalue weighted by Gasteiger charge is -2.26. The second-order valence-corrected chi connectivity index (χ2v) is 10.6. The van der Waals surface area contributed by atoms with Crippen LogP contribution >= 0.6 is 11.3 Å². The van der Waals surface area contributed by atoms with Crippen molar-refractivity contribution < 1.29 is 19.4 Å². The summed E-state index contributed by atoms with van der Waals surface area (Å²) in [7, 11) is 3.50. The van der Waals surface area contributed by atoms with E-state index in [-0.39, 0.29) is 11.7 Å². The van der Waals surface area contributed by atoms with Crippen molar-refractivity contribution in [1.29, 1.82) is 0 Å². The van der Waals surface area contributed by atoms with Crippen LogP contribution in [0.25, 0.3) is 21.2 Å². The Kier molecular flexibility index (Phi) is 7.63. The smallest absolute Gasteiger partial charge is 0.263 e. The van der Waals surface area contributed by atoms with E-state index in [1.165, 1.54) is 30.6 Å². The van der Waals surface area contributed by atoms with Gasteiger partial charge in [0.2, 0.25) is 0 Å². The van der Waals surface area contributed by atoms with E-state index in [1.807, 2.05) is 54.6 Å². The summed E-state index contributed by atoms with van der Waals surface area (Å²) in [6, 6.07) is 20.7. The van der Waals surface area contributed by atoms with Gasteiger partial charge in [0.25, 0.3) is 5.91 Å². The highest BCUT2D eigenvalue weighted by Crippen LogP contribution is 2.43. The highest BCUT2D eigenvalue weighted by Gasteiger charge is 2.18. The molecule has 6 nitrogen and oxygen atoms in total. The molecule has 0 saturated carbocycles. The predicted octanol–water partition coefficient (Wildman–Crippen LogP) is 6.63. The van der Waals surface area contributed by atoms with E-state index in [2.05, 4.69) is 4.90 Å². The van der Waals surface area contributed by atoms with Crippen molar-refractivity contribution in [2.24, 2.45) is 0 Å². The number of phenols is 1. The summed E-state index contributed by atoms with van der Waals surface area (Å²) in [5, 5.41) is 11.8. The molecule has 0 radical (unpaired) electrons. The summed E-state index contributed by atoms with van der Waals surface area (Å²) < 4.78 is 12.4. The molecule has 0 unspecified atom stereocenters. The van der Waals surface area contributed by atoms with Gasteiger partial charge in [-0.15, -0.1) is 11.3 Å². The van der Waals surface area contributed by atoms with Crippen molar-refractivity contribution in [2.75, 3.05) is 40.3 Å². The molecule has 37 heavy (non-hydrogen) atoms. The first-order chi connectivity index (χ1) is 18.0. The lowest BCUT2D eigenvalue weighted by Crippen LogP contribution is -2.33. The van der Waals surface area contributed by atoms with Crippen LogP contribution in [0.5, 0.6) is 23.0 Å². The Morgan fingerprint density at radius 1 is 0.946 bits per heavy atom. The highest BCUT2D eigenvalue weighted by molar-refractivity contribution is 7.17. The Hall–Kier alpha value is -3.55. The molecule has 1 amide bonds. The summed E-state index contributed by atoms with van der Waals surface area (Å²) in [6.45, 7) is 3.94. The van der Waals surface area contributed by atoms with Gasteiger partial charge < -0.3 is 19.5 Å². The van der Waals surface area contributed by atoms with Gasteiger partial charge in [-0.2, -0.15) is 0 Å². The van der Waals surface area contributed by atoms with E-state index >= 15 is 0 Å². The van der Waals surface area contributed by atoms with Crippen molar-refractivity contribution in [3.63, 3.8) is 0 Å². The monoisotopic (exact) mass is 516 g/mol. The maximum absolute atomic E-state index is 12.5. The van der Waals surface area contributed by atoms with Crippen molar-refractivity contribution in [2.45, 2.75) is 19.3 Å². The molecule has 1 N–H and O–H groups in total. The number of nitrogens with zero attached hydrogens (tertiary/aromatic N) is 2. The molecule has 192 valence electrons. The van der Waals surface area contributed by atoms with Gasteiger partial charge in [0.05, 0.1) is 4.88 Å². The third kappa shape index (κ3) is 5.89. The molecular weight excluding hydrogens is 484 g/mol. The van der Waals surface area contributed by atoms with Gasteiger partial charge in [0.15, 0.2) is 0 Å². The molecule has 7 heteroatoms. The summed E-state index contributed by atoms with van der Waals surface area (Å²) in [6.07, 6.45) is 3.89.